The molecule has 1 aliphatic heterocycles. The zero-order valence-electron chi connectivity index (χ0n) is 14.2. The molecule has 0 aliphatic carbocycles. The molecule has 1 aliphatic rings. The van der Waals surface area contributed by atoms with E-state index in [-0.39, 0.29) is 23.1 Å². The lowest BCUT2D eigenvalue weighted by Gasteiger charge is -2.36. The van der Waals surface area contributed by atoms with Crippen molar-refractivity contribution in [3.05, 3.63) is 40.1 Å². The van der Waals surface area contributed by atoms with Crippen LogP contribution in [0.3, 0.4) is 0 Å². The van der Waals surface area contributed by atoms with Crippen LogP contribution in [0.2, 0.25) is 0 Å². The molecule has 2 amide bonds. The Balaban J connectivity index is 1.71. The standard InChI is InChI=1S/C18H18N4O3S/c1-12(23)20-13-2-3-16(24)14(10-13)18(25)22-7-5-21(6-8-22)15-4-9-26-17(15)11-19/h2-4,9-10,24H,5-8H2,1H3,(H,20,23). The van der Waals surface area contributed by atoms with Crippen LogP contribution in [0.15, 0.2) is 29.6 Å². The largest absolute Gasteiger partial charge is 0.507 e. The number of nitrogens with zero attached hydrogens (tertiary/aromatic N) is 3. The molecule has 1 aromatic heterocycles. The van der Waals surface area contributed by atoms with Crippen molar-refractivity contribution in [1.82, 2.24) is 4.90 Å². The van der Waals surface area contributed by atoms with E-state index in [0.29, 0.717) is 36.7 Å². The number of anilines is 2. The van der Waals surface area contributed by atoms with E-state index >= 15 is 0 Å². The molecule has 7 nitrogen and oxygen atoms in total. The van der Waals surface area contributed by atoms with Crippen LogP contribution in [0.5, 0.6) is 5.75 Å². The van der Waals surface area contributed by atoms with Gasteiger partial charge in [-0.3, -0.25) is 9.59 Å². The number of piperazine rings is 1. The summed E-state index contributed by atoms with van der Waals surface area (Å²) in [6.45, 7) is 3.59. The minimum atomic E-state index is -0.278. The zero-order chi connectivity index (χ0) is 18.7. The van der Waals surface area contributed by atoms with Gasteiger partial charge >= 0.3 is 0 Å². The van der Waals surface area contributed by atoms with Crippen LogP contribution in [0, 0.1) is 11.3 Å². The number of carbonyl (C=O) groups excluding carboxylic acids is 2. The Morgan fingerprint density at radius 3 is 2.62 bits per heavy atom. The molecule has 0 bridgehead atoms. The summed E-state index contributed by atoms with van der Waals surface area (Å²) in [5.41, 5.74) is 1.53. The van der Waals surface area contributed by atoms with E-state index in [4.69, 9.17) is 5.26 Å². The first-order valence-electron chi connectivity index (χ1n) is 8.12. The van der Waals surface area contributed by atoms with E-state index < -0.39 is 0 Å². The van der Waals surface area contributed by atoms with Crippen molar-refractivity contribution in [3.8, 4) is 11.8 Å². The highest BCUT2D eigenvalue weighted by Crippen LogP contribution is 2.28. The average Bonchev–Trinajstić information content (AvgIpc) is 3.11. The van der Waals surface area contributed by atoms with Crippen LogP contribution in [0.25, 0.3) is 0 Å². The zero-order valence-corrected chi connectivity index (χ0v) is 15.0. The van der Waals surface area contributed by atoms with Gasteiger partial charge in [-0.05, 0) is 29.6 Å². The third-order valence-corrected chi connectivity index (χ3v) is 5.01. The number of thiophene rings is 1. The number of phenolic OH excluding ortho intramolecular Hbond substituents is 1. The molecule has 0 atom stereocenters. The summed E-state index contributed by atoms with van der Waals surface area (Å²) in [4.78, 5) is 28.4. The molecular weight excluding hydrogens is 352 g/mol. The Labute approximate surface area is 155 Å². The van der Waals surface area contributed by atoms with Gasteiger partial charge in [-0.2, -0.15) is 5.26 Å². The van der Waals surface area contributed by atoms with Crippen LogP contribution in [0.4, 0.5) is 11.4 Å². The number of phenols is 1. The van der Waals surface area contributed by atoms with Gasteiger partial charge in [0.05, 0.1) is 11.3 Å². The van der Waals surface area contributed by atoms with E-state index in [1.165, 1.54) is 30.4 Å². The first-order chi connectivity index (χ1) is 12.5. The van der Waals surface area contributed by atoms with Crippen molar-refractivity contribution in [3.63, 3.8) is 0 Å². The summed E-state index contributed by atoms with van der Waals surface area (Å²) in [6, 6.07) is 8.54. The smallest absolute Gasteiger partial charge is 0.257 e. The third-order valence-electron chi connectivity index (χ3n) is 4.20. The Kier molecular flexibility index (Phi) is 5.09. The molecule has 2 aromatic rings. The average molecular weight is 370 g/mol. The molecular formula is C18H18N4O3S. The van der Waals surface area contributed by atoms with Crippen LogP contribution in [0.1, 0.15) is 22.2 Å². The number of carbonyl (C=O) groups is 2. The molecule has 2 heterocycles. The first kappa shape index (κ1) is 17.8. The second kappa shape index (κ2) is 7.45. The summed E-state index contributed by atoms with van der Waals surface area (Å²) in [7, 11) is 0. The normalized spacial score (nSPS) is 14.0. The van der Waals surface area contributed by atoms with E-state index in [0.717, 1.165) is 5.69 Å². The number of amides is 2. The number of nitriles is 1. The van der Waals surface area contributed by atoms with Crippen molar-refractivity contribution < 1.29 is 14.7 Å². The van der Waals surface area contributed by atoms with Crippen LogP contribution < -0.4 is 10.2 Å². The van der Waals surface area contributed by atoms with Crippen LogP contribution in [-0.4, -0.2) is 48.0 Å². The second-order valence-corrected chi connectivity index (χ2v) is 6.86. The number of aromatic hydroxyl groups is 1. The minimum absolute atomic E-state index is 0.115. The Hall–Kier alpha value is -3.05. The van der Waals surface area contributed by atoms with Gasteiger partial charge in [0.1, 0.15) is 16.7 Å². The van der Waals surface area contributed by atoms with Crippen LogP contribution >= 0.6 is 11.3 Å². The van der Waals surface area contributed by atoms with Crippen molar-refractivity contribution in [1.29, 1.82) is 5.26 Å². The van der Waals surface area contributed by atoms with E-state index in [1.54, 1.807) is 11.0 Å². The third kappa shape index (κ3) is 3.63. The fourth-order valence-electron chi connectivity index (χ4n) is 2.94. The van der Waals surface area contributed by atoms with Crippen molar-refractivity contribution in [2.45, 2.75) is 6.92 Å². The first-order valence-corrected chi connectivity index (χ1v) is 9.00. The van der Waals surface area contributed by atoms with E-state index in [1.807, 2.05) is 11.4 Å². The molecule has 1 saturated heterocycles. The summed E-state index contributed by atoms with van der Waals surface area (Å²) < 4.78 is 0. The van der Waals surface area contributed by atoms with Crippen molar-refractivity contribution >= 4 is 34.5 Å². The Bertz CT molecular complexity index is 879. The van der Waals surface area contributed by atoms with Gasteiger partial charge < -0.3 is 20.2 Å². The predicted octanol–water partition coefficient (Wildman–Crippen LogP) is 2.25. The lowest BCUT2D eigenvalue weighted by Crippen LogP contribution is -2.48. The second-order valence-electron chi connectivity index (χ2n) is 5.94. The Morgan fingerprint density at radius 1 is 1.23 bits per heavy atom. The molecule has 1 fully saturated rings. The molecule has 0 saturated carbocycles. The number of benzene rings is 1. The fraction of sp³-hybridized carbons (Fsp3) is 0.278. The topological polar surface area (TPSA) is 96.7 Å². The molecule has 0 unspecified atom stereocenters. The highest BCUT2D eigenvalue weighted by atomic mass is 32.1. The summed E-state index contributed by atoms with van der Waals surface area (Å²) in [5, 5.41) is 23.7. The lowest BCUT2D eigenvalue weighted by atomic mass is 10.1. The summed E-state index contributed by atoms with van der Waals surface area (Å²) in [5.74, 6) is -0.636. The highest BCUT2D eigenvalue weighted by Gasteiger charge is 2.25. The Morgan fingerprint density at radius 2 is 1.96 bits per heavy atom. The van der Waals surface area contributed by atoms with Gasteiger partial charge in [-0.1, -0.05) is 0 Å². The van der Waals surface area contributed by atoms with E-state index in [9.17, 15) is 14.7 Å². The monoisotopic (exact) mass is 370 g/mol. The predicted molar refractivity (Wildman–Crippen MR) is 99.6 cm³/mol. The van der Waals surface area contributed by atoms with Gasteiger partial charge in [0.25, 0.3) is 5.91 Å². The molecule has 0 spiro atoms. The number of hydrogen-bond donors (Lipinski definition) is 2. The van der Waals surface area contributed by atoms with Gasteiger partial charge in [-0.25, -0.2) is 0 Å². The highest BCUT2D eigenvalue weighted by molar-refractivity contribution is 7.11. The maximum atomic E-state index is 12.8. The van der Waals surface area contributed by atoms with E-state index in [2.05, 4.69) is 16.3 Å². The summed E-state index contributed by atoms with van der Waals surface area (Å²) in [6.07, 6.45) is 0. The van der Waals surface area contributed by atoms with Gasteiger partial charge in [0, 0.05) is 38.8 Å². The van der Waals surface area contributed by atoms with Crippen LogP contribution in [-0.2, 0) is 4.79 Å². The van der Waals surface area contributed by atoms with Gasteiger partial charge in [0.15, 0.2) is 0 Å². The maximum absolute atomic E-state index is 12.8. The SMILES string of the molecule is CC(=O)Nc1ccc(O)c(C(=O)N2CCN(c3ccsc3C#N)CC2)c1. The lowest BCUT2D eigenvalue weighted by molar-refractivity contribution is -0.114. The maximum Gasteiger partial charge on any atom is 0.257 e. The molecule has 26 heavy (non-hydrogen) atoms. The molecule has 0 radical (unpaired) electrons. The molecule has 1 aromatic carbocycles. The summed E-state index contributed by atoms with van der Waals surface area (Å²) >= 11 is 1.40. The minimum Gasteiger partial charge on any atom is -0.507 e. The molecule has 3 rings (SSSR count). The van der Waals surface area contributed by atoms with Gasteiger partial charge in [-0.15, -0.1) is 11.3 Å². The fourth-order valence-corrected chi connectivity index (χ4v) is 3.65. The van der Waals surface area contributed by atoms with Crippen molar-refractivity contribution in [2.24, 2.45) is 0 Å². The molecule has 8 heteroatoms. The quantitative estimate of drug-likeness (QED) is 0.808. The van der Waals surface area contributed by atoms with Gasteiger partial charge in [0.2, 0.25) is 5.91 Å². The molecule has 134 valence electrons. The molecule has 2 N–H and O–H groups in total. The van der Waals surface area contributed by atoms with Crippen molar-refractivity contribution in [2.75, 3.05) is 36.4 Å². The number of nitrogens with one attached hydrogen (secondary N) is 1. The number of rotatable bonds is 3. The number of hydrogen-bond acceptors (Lipinski definition) is 6.